The number of nitrogens with zero attached hydrogens (tertiary/aromatic N) is 1. The van der Waals surface area contributed by atoms with E-state index >= 15 is 0 Å². The molecule has 1 heterocycles. The summed E-state index contributed by atoms with van der Waals surface area (Å²) in [6.07, 6.45) is 0. The first kappa shape index (κ1) is 12.6. The van der Waals surface area contributed by atoms with Crippen LogP contribution in [0.5, 0.6) is 5.75 Å². The van der Waals surface area contributed by atoms with Crippen molar-refractivity contribution in [1.29, 1.82) is 0 Å². The number of aromatic nitrogens is 1. The zero-order valence-corrected chi connectivity index (χ0v) is 11.1. The number of rotatable bonds is 4. The third-order valence-corrected chi connectivity index (χ3v) is 3.18. The first-order valence-electron chi connectivity index (χ1n) is 5.14. The largest absolute Gasteiger partial charge is 0.486 e. The van der Waals surface area contributed by atoms with Crippen molar-refractivity contribution < 1.29 is 19.2 Å². The summed E-state index contributed by atoms with van der Waals surface area (Å²) in [4.78, 5) is 10.6. The van der Waals surface area contributed by atoms with E-state index in [0.717, 1.165) is 10.0 Å². The molecule has 5 nitrogen and oxygen atoms in total. The Morgan fingerprint density at radius 2 is 2.28 bits per heavy atom. The number of aryl methyl sites for hydroxylation is 1. The maximum Gasteiger partial charge on any atom is 0.358 e. The summed E-state index contributed by atoms with van der Waals surface area (Å²) in [5.74, 6) is -0.0681. The Morgan fingerprint density at radius 3 is 2.89 bits per heavy atom. The lowest BCUT2D eigenvalue weighted by Crippen LogP contribution is -1.96. The van der Waals surface area contributed by atoms with Gasteiger partial charge in [-0.25, -0.2) is 4.79 Å². The quantitative estimate of drug-likeness (QED) is 0.939. The van der Waals surface area contributed by atoms with Gasteiger partial charge in [0.1, 0.15) is 12.4 Å². The van der Waals surface area contributed by atoms with Gasteiger partial charge in [0, 0.05) is 10.5 Å². The Balaban J connectivity index is 2.02. The molecule has 0 aliphatic carbocycles. The van der Waals surface area contributed by atoms with Crippen LogP contribution in [0.15, 0.2) is 33.3 Å². The number of halogens is 1. The highest BCUT2D eigenvalue weighted by Crippen LogP contribution is 2.22. The number of hydrogen-bond donors (Lipinski definition) is 1. The first-order chi connectivity index (χ1) is 8.56. The second-order valence-electron chi connectivity index (χ2n) is 3.68. The fourth-order valence-corrected chi connectivity index (χ4v) is 1.59. The zero-order chi connectivity index (χ0) is 13.1. The minimum absolute atomic E-state index is 0.124. The fraction of sp³-hybridized carbons (Fsp3) is 0.167. The summed E-state index contributed by atoms with van der Waals surface area (Å²) < 4.78 is 11.3. The fourth-order valence-electron chi connectivity index (χ4n) is 1.34. The molecule has 0 atom stereocenters. The van der Waals surface area contributed by atoms with E-state index in [9.17, 15) is 4.79 Å². The van der Waals surface area contributed by atoms with E-state index in [0.29, 0.717) is 11.5 Å². The van der Waals surface area contributed by atoms with E-state index in [-0.39, 0.29) is 12.3 Å². The summed E-state index contributed by atoms with van der Waals surface area (Å²) >= 11 is 3.40. The molecule has 1 N–H and O–H groups in total. The molecule has 0 fully saturated rings. The maximum absolute atomic E-state index is 10.6. The standard InChI is InChI=1S/C12H10BrNO4/c1-7-4-8(2-3-10(7)13)17-6-9-5-11(12(15)16)14-18-9/h2-5H,6H2,1H3,(H,15,16). The summed E-state index contributed by atoms with van der Waals surface area (Å²) in [5, 5.41) is 12.1. The molecule has 2 aromatic rings. The van der Waals surface area contributed by atoms with E-state index in [2.05, 4.69) is 21.1 Å². The van der Waals surface area contributed by atoms with Crippen molar-refractivity contribution in [2.75, 3.05) is 0 Å². The van der Waals surface area contributed by atoms with Gasteiger partial charge in [-0.2, -0.15) is 0 Å². The molecule has 0 saturated carbocycles. The van der Waals surface area contributed by atoms with Crippen LogP contribution in [-0.4, -0.2) is 16.2 Å². The van der Waals surface area contributed by atoms with Gasteiger partial charge in [-0.1, -0.05) is 21.1 Å². The monoisotopic (exact) mass is 311 g/mol. The summed E-state index contributed by atoms with van der Waals surface area (Å²) in [6.45, 7) is 2.09. The number of carboxylic acid groups (broad SMARTS) is 1. The second-order valence-corrected chi connectivity index (χ2v) is 4.54. The number of carbonyl (C=O) groups is 1. The van der Waals surface area contributed by atoms with Gasteiger partial charge >= 0.3 is 5.97 Å². The van der Waals surface area contributed by atoms with Gasteiger partial charge in [-0.3, -0.25) is 0 Å². The smallest absolute Gasteiger partial charge is 0.358 e. The van der Waals surface area contributed by atoms with E-state index in [1.807, 2.05) is 25.1 Å². The zero-order valence-electron chi connectivity index (χ0n) is 9.51. The van der Waals surface area contributed by atoms with Gasteiger partial charge < -0.3 is 14.4 Å². The molecule has 0 saturated heterocycles. The molecule has 0 amide bonds. The highest BCUT2D eigenvalue weighted by molar-refractivity contribution is 9.10. The van der Waals surface area contributed by atoms with Crippen LogP contribution < -0.4 is 4.74 Å². The number of ether oxygens (including phenoxy) is 1. The highest BCUT2D eigenvalue weighted by atomic mass is 79.9. The molecular formula is C12H10BrNO4. The Hall–Kier alpha value is -1.82. The van der Waals surface area contributed by atoms with Crippen molar-refractivity contribution in [1.82, 2.24) is 5.16 Å². The van der Waals surface area contributed by atoms with Crippen LogP contribution in [0.3, 0.4) is 0 Å². The van der Waals surface area contributed by atoms with E-state index < -0.39 is 5.97 Å². The van der Waals surface area contributed by atoms with Crippen molar-refractivity contribution in [3.63, 3.8) is 0 Å². The van der Waals surface area contributed by atoms with E-state index in [4.69, 9.17) is 14.4 Å². The molecule has 0 radical (unpaired) electrons. The molecular weight excluding hydrogens is 302 g/mol. The normalized spacial score (nSPS) is 10.3. The van der Waals surface area contributed by atoms with Crippen molar-refractivity contribution in [2.45, 2.75) is 13.5 Å². The molecule has 0 aliphatic rings. The molecule has 94 valence electrons. The molecule has 0 unspecified atom stereocenters. The van der Waals surface area contributed by atoms with Crippen molar-refractivity contribution in [2.24, 2.45) is 0 Å². The molecule has 0 spiro atoms. The molecule has 18 heavy (non-hydrogen) atoms. The van der Waals surface area contributed by atoms with Gasteiger partial charge in [0.25, 0.3) is 0 Å². The molecule has 0 bridgehead atoms. The van der Waals surface area contributed by atoms with Crippen LogP contribution in [0, 0.1) is 6.92 Å². The summed E-state index contributed by atoms with van der Waals surface area (Å²) in [5.41, 5.74) is 0.928. The number of aromatic carboxylic acids is 1. The van der Waals surface area contributed by atoms with Crippen LogP contribution in [0.4, 0.5) is 0 Å². The van der Waals surface area contributed by atoms with Crippen LogP contribution in [0.1, 0.15) is 21.8 Å². The van der Waals surface area contributed by atoms with Crippen molar-refractivity contribution >= 4 is 21.9 Å². The average molecular weight is 312 g/mol. The number of hydrogen-bond acceptors (Lipinski definition) is 4. The van der Waals surface area contributed by atoms with Gasteiger partial charge in [-0.05, 0) is 30.7 Å². The molecule has 2 rings (SSSR count). The first-order valence-corrected chi connectivity index (χ1v) is 5.93. The molecule has 1 aromatic carbocycles. The Bertz CT molecular complexity index is 579. The highest BCUT2D eigenvalue weighted by Gasteiger charge is 2.11. The van der Waals surface area contributed by atoms with Crippen LogP contribution in [0.25, 0.3) is 0 Å². The van der Waals surface area contributed by atoms with Crippen molar-refractivity contribution in [3.8, 4) is 5.75 Å². The third kappa shape index (κ3) is 2.89. The van der Waals surface area contributed by atoms with Gasteiger partial charge in [0.05, 0.1) is 0 Å². The van der Waals surface area contributed by atoms with Crippen molar-refractivity contribution in [3.05, 3.63) is 45.8 Å². The Labute approximate surface area is 111 Å². The van der Waals surface area contributed by atoms with Crippen LogP contribution >= 0.6 is 15.9 Å². The maximum atomic E-state index is 10.6. The molecule has 1 aromatic heterocycles. The number of carboxylic acids is 1. The molecule has 0 aliphatic heterocycles. The third-order valence-electron chi connectivity index (χ3n) is 2.29. The Kier molecular flexibility index (Phi) is 3.66. The number of benzene rings is 1. The van der Waals surface area contributed by atoms with Crippen LogP contribution in [0.2, 0.25) is 0 Å². The predicted octanol–water partition coefficient (Wildman–Crippen LogP) is 3.02. The average Bonchev–Trinajstić information content (AvgIpc) is 2.79. The topological polar surface area (TPSA) is 72.6 Å². The van der Waals surface area contributed by atoms with E-state index in [1.165, 1.54) is 6.07 Å². The predicted molar refractivity (Wildman–Crippen MR) is 66.7 cm³/mol. The van der Waals surface area contributed by atoms with E-state index in [1.54, 1.807) is 0 Å². The molecule has 6 heteroatoms. The minimum Gasteiger partial charge on any atom is -0.486 e. The Morgan fingerprint density at radius 1 is 1.50 bits per heavy atom. The lowest BCUT2D eigenvalue weighted by Gasteiger charge is -2.05. The van der Waals surface area contributed by atoms with Gasteiger partial charge in [0.15, 0.2) is 11.5 Å². The lowest BCUT2D eigenvalue weighted by atomic mass is 10.2. The van der Waals surface area contributed by atoms with Gasteiger partial charge in [0.2, 0.25) is 0 Å². The lowest BCUT2D eigenvalue weighted by molar-refractivity contribution is 0.0685. The SMILES string of the molecule is Cc1cc(OCc2cc(C(=O)O)no2)ccc1Br. The van der Waals surface area contributed by atoms with Crippen LogP contribution in [-0.2, 0) is 6.61 Å². The summed E-state index contributed by atoms with van der Waals surface area (Å²) in [7, 11) is 0. The second kappa shape index (κ2) is 5.22. The minimum atomic E-state index is -1.12. The van der Waals surface area contributed by atoms with Gasteiger partial charge in [-0.15, -0.1) is 0 Å². The summed E-state index contributed by atoms with van der Waals surface area (Å²) in [6, 6.07) is 6.91.